The van der Waals surface area contributed by atoms with E-state index in [1.165, 1.54) is 6.42 Å². The molecule has 2 rings (SSSR count). The second-order valence-corrected chi connectivity index (χ2v) is 7.21. The van der Waals surface area contributed by atoms with E-state index in [1.807, 2.05) is 32.0 Å². The molecule has 0 aromatic heterocycles. The Morgan fingerprint density at radius 1 is 1.14 bits per heavy atom. The molecule has 22 heavy (non-hydrogen) atoms. The van der Waals surface area contributed by atoms with Crippen molar-refractivity contribution >= 4 is 5.97 Å². The first-order chi connectivity index (χ1) is 10.4. The second kappa shape index (κ2) is 7.28. The third kappa shape index (κ3) is 4.33. The van der Waals surface area contributed by atoms with Crippen LogP contribution in [0.25, 0.3) is 0 Å². The van der Waals surface area contributed by atoms with E-state index < -0.39 is 5.97 Å². The Morgan fingerprint density at radius 2 is 1.77 bits per heavy atom. The molecule has 122 valence electrons. The molecule has 1 aliphatic carbocycles. The van der Waals surface area contributed by atoms with Gasteiger partial charge in [0.05, 0.1) is 5.56 Å². The molecule has 0 spiro atoms. The Kier molecular flexibility index (Phi) is 5.63. The third-order valence-electron chi connectivity index (χ3n) is 4.67. The number of benzene rings is 1. The minimum atomic E-state index is -0.396. The van der Waals surface area contributed by atoms with Crippen molar-refractivity contribution in [2.75, 3.05) is 0 Å². The van der Waals surface area contributed by atoms with Crippen LogP contribution in [-0.2, 0) is 9.78 Å². The molecular formula is C19H28O3. The third-order valence-corrected chi connectivity index (χ3v) is 4.67. The maximum absolute atomic E-state index is 12.2. The average Bonchev–Trinajstić information content (AvgIpc) is 2.43. The fourth-order valence-corrected chi connectivity index (χ4v) is 3.47. The minimum absolute atomic E-state index is 0.0126. The van der Waals surface area contributed by atoms with Gasteiger partial charge >= 0.3 is 5.97 Å². The number of aryl methyl sites for hydroxylation is 2. The first-order valence-electron chi connectivity index (χ1n) is 8.32. The van der Waals surface area contributed by atoms with Crippen LogP contribution in [0.3, 0.4) is 0 Å². The summed E-state index contributed by atoms with van der Waals surface area (Å²) in [5, 5.41) is 0. The summed E-state index contributed by atoms with van der Waals surface area (Å²) in [6, 6.07) is 5.71. The van der Waals surface area contributed by atoms with Crippen molar-refractivity contribution in [3.8, 4) is 0 Å². The van der Waals surface area contributed by atoms with Crippen LogP contribution in [0.2, 0.25) is 0 Å². The van der Waals surface area contributed by atoms with E-state index in [0.29, 0.717) is 23.3 Å². The quantitative estimate of drug-likeness (QED) is 0.589. The smallest absolute Gasteiger partial charge is 0.293 e. The molecular weight excluding hydrogens is 276 g/mol. The summed E-state index contributed by atoms with van der Waals surface area (Å²) in [6.07, 6.45) is 3.35. The molecule has 3 unspecified atom stereocenters. The molecule has 0 radical (unpaired) electrons. The zero-order valence-electron chi connectivity index (χ0n) is 14.4. The minimum Gasteiger partial charge on any atom is -0.293 e. The topological polar surface area (TPSA) is 35.5 Å². The van der Waals surface area contributed by atoms with Crippen LogP contribution in [0, 0.1) is 31.6 Å². The lowest BCUT2D eigenvalue weighted by molar-refractivity contribution is -0.296. The van der Waals surface area contributed by atoms with Gasteiger partial charge in [-0.25, -0.2) is 4.79 Å². The van der Waals surface area contributed by atoms with Crippen LogP contribution in [0.5, 0.6) is 0 Å². The normalized spacial score (nSPS) is 25.3. The van der Waals surface area contributed by atoms with Crippen molar-refractivity contribution in [1.82, 2.24) is 0 Å². The standard InChI is InChI=1S/C19H28O3/c1-12(2)17-7-6-13(3)11-18(17)21-22-19(20)16-9-14(4)8-15(5)10-16/h8-10,12-13,17-18H,6-7,11H2,1-5H3. The van der Waals surface area contributed by atoms with E-state index in [0.717, 1.165) is 24.0 Å². The molecule has 3 heteroatoms. The highest BCUT2D eigenvalue weighted by atomic mass is 17.2. The monoisotopic (exact) mass is 304 g/mol. The fourth-order valence-electron chi connectivity index (χ4n) is 3.47. The van der Waals surface area contributed by atoms with Gasteiger partial charge in [-0.15, -0.1) is 0 Å². The summed E-state index contributed by atoms with van der Waals surface area (Å²) < 4.78 is 0. The fraction of sp³-hybridized carbons (Fsp3) is 0.632. The first kappa shape index (κ1) is 17.0. The van der Waals surface area contributed by atoms with Crippen LogP contribution in [0.15, 0.2) is 18.2 Å². The van der Waals surface area contributed by atoms with Gasteiger partial charge in [-0.1, -0.05) is 44.4 Å². The van der Waals surface area contributed by atoms with E-state index in [4.69, 9.17) is 9.78 Å². The van der Waals surface area contributed by atoms with Crippen LogP contribution >= 0.6 is 0 Å². The predicted molar refractivity (Wildman–Crippen MR) is 87.5 cm³/mol. The molecule has 0 bridgehead atoms. The molecule has 0 heterocycles. The Hall–Kier alpha value is -1.35. The van der Waals surface area contributed by atoms with Gasteiger partial charge in [0.15, 0.2) is 0 Å². The molecule has 0 aliphatic heterocycles. The molecule has 0 N–H and O–H groups in total. The maximum atomic E-state index is 12.2. The molecule has 1 saturated carbocycles. The van der Waals surface area contributed by atoms with E-state index in [2.05, 4.69) is 20.8 Å². The zero-order chi connectivity index (χ0) is 16.3. The summed E-state index contributed by atoms with van der Waals surface area (Å²) in [4.78, 5) is 22.9. The highest BCUT2D eigenvalue weighted by Gasteiger charge is 2.33. The van der Waals surface area contributed by atoms with E-state index in [1.54, 1.807) is 0 Å². The van der Waals surface area contributed by atoms with Gasteiger partial charge in [-0.05, 0) is 56.6 Å². The largest absolute Gasteiger partial charge is 0.373 e. The van der Waals surface area contributed by atoms with Crippen molar-refractivity contribution in [1.29, 1.82) is 0 Å². The lowest BCUT2D eigenvalue weighted by Crippen LogP contribution is -2.34. The van der Waals surface area contributed by atoms with Crippen molar-refractivity contribution in [3.63, 3.8) is 0 Å². The summed E-state index contributed by atoms with van der Waals surface area (Å²) in [6.45, 7) is 10.6. The molecule has 3 atom stereocenters. The van der Waals surface area contributed by atoms with Crippen LogP contribution < -0.4 is 0 Å². The van der Waals surface area contributed by atoms with E-state index >= 15 is 0 Å². The van der Waals surface area contributed by atoms with Crippen LogP contribution in [-0.4, -0.2) is 12.1 Å². The van der Waals surface area contributed by atoms with Gasteiger partial charge in [0.1, 0.15) is 6.10 Å². The maximum Gasteiger partial charge on any atom is 0.373 e. The average molecular weight is 304 g/mol. The summed E-state index contributed by atoms with van der Waals surface area (Å²) in [5.41, 5.74) is 2.67. The van der Waals surface area contributed by atoms with Crippen molar-refractivity contribution < 1.29 is 14.6 Å². The van der Waals surface area contributed by atoms with Gasteiger partial charge in [0.2, 0.25) is 0 Å². The van der Waals surface area contributed by atoms with Crippen LogP contribution in [0.4, 0.5) is 0 Å². The van der Waals surface area contributed by atoms with Gasteiger partial charge in [-0.3, -0.25) is 4.89 Å². The molecule has 1 aliphatic rings. The Bertz CT molecular complexity index is 501. The Balaban J connectivity index is 1.99. The van der Waals surface area contributed by atoms with Crippen molar-refractivity contribution in [2.45, 2.75) is 60.0 Å². The molecule has 1 aromatic rings. The lowest BCUT2D eigenvalue weighted by Gasteiger charge is -2.35. The summed E-state index contributed by atoms with van der Waals surface area (Å²) >= 11 is 0. The number of carbonyl (C=O) groups excluding carboxylic acids is 1. The summed E-state index contributed by atoms with van der Waals surface area (Å²) in [5.74, 6) is 1.23. The Morgan fingerprint density at radius 3 is 2.36 bits per heavy atom. The van der Waals surface area contributed by atoms with E-state index in [9.17, 15) is 4.79 Å². The predicted octanol–water partition coefficient (Wildman–Crippen LogP) is 4.85. The van der Waals surface area contributed by atoms with Gasteiger partial charge < -0.3 is 0 Å². The van der Waals surface area contributed by atoms with Crippen molar-refractivity contribution in [2.24, 2.45) is 17.8 Å². The number of hydrogen-bond acceptors (Lipinski definition) is 3. The molecule has 1 fully saturated rings. The highest BCUT2D eigenvalue weighted by Crippen LogP contribution is 2.35. The first-order valence-corrected chi connectivity index (χ1v) is 8.32. The van der Waals surface area contributed by atoms with Gasteiger partial charge in [0.25, 0.3) is 0 Å². The molecule has 0 saturated heterocycles. The lowest BCUT2D eigenvalue weighted by atomic mass is 9.75. The molecule has 3 nitrogen and oxygen atoms in total. The SMILES string of the molecule is Cc1cc(C)cc(C(=O)OOC2CC(C)CCC2C(C)C)c1. The number of rotatable bonds is 4. The van der Waals surface area contributed by atoms with Crippen LogP contribution in [0.1, 0.15) is 61.5 Å². The van der Waals surface area contributed by atoms with Gasteiger partial charge in [-0.2, -0.15) is 4.89 Å². The second-order valence-electron chi connectivity index (χ2n) is 7.21. The van der Waals surface area contributed by atoms with E-state index in [-0.39, 0.29) is 6.10 Å². The van der Waals surface area contributed by atoms with Crippen molar-refractivity contribution in [3.05, 3.63) is 34.9 Å². The summed E-state index contributed by atoms with van der Waals surface area (Å²) in [7, 11) is 0. The molecule has 1 aromatic carbocycles. The number of carbonyl (C=O) groups is 1. The zero-order valence-corrected chi connectivity index (χ0v) is 14.4. The molecule has 0 amide bonds. The number of hydrogen-bond donors (Lipinski definition) is 0. The van der Waals surface area contributed by atoms with Gasteiger partial charge in [0, 0.05) is 0 Å². The Labute approximate surface area is 133 Å². The highest BCUT2D eigenvalue weighted by molar-refractivity contribution is 5.89.